The van der Waals surface area contributed by atoms with E-state index in [9.17, 15) is 13.2 Å². The first-order valence-corrected chi connectivity index (χ1v) is 9.85. The summed E-state index contributed by atoms with van der Waals surface area (Å²) in [6, 6.07) is 18.2. The molecule has 0 radical (unpaired) electrons. The summed E-state index contributed by atoms with van der Waals surface area (Å²) in [6.07, 6.45) is 1.44. The van der Waals surface area contributed by atoms with E-state index in [1.54, 1.807) is 31.2 Å². The van der Waals surface area contributed by atoms with Gasteiger partial charge in [-0.2, -0.15) is 9.82 Å². The van der Waals surface area contributed by atoms with Crippen LogP contribution in [0.25, 0.3) is 16.9 Å². The predicted octanol–water partition coefficient (Wildman–Crippen LogP) is 2.38. The number of ether oxygens (including phenoxy) is 1. The average Bonchev–Trinajstić information content (AvgIpc) is 3.15. The number of benzene rings is 2. The number of rotatable bonds is 7. The third-order valence-electron chi connectivity index (χ3n) is 3.75. The summed E-state index contributed by atoms with van der Waals surface area (Å²) in [4.78, 5) is 11.5. The average molecular weight is 385 g/mol. The van der Waals surface area contributed by atoms with Crippen LogP contribution in [0.1, 0.15) is 6.92 Å². The van der Waals surface area contributed by atoms with E-state index in [-0.39, 0.29) is 11.5 Å². The summed E-state index contributed by atoms with van der Waals surface area (Å²) in [5, 5.41) is 4.46. The van der Waals surface area contributed by atoms with Gasteiger partial charge in [-0.3, -0.25) is 4.79 Å². The van der Waals surface area contributed by atoms with Crippen molar-refractivity contribution in [3.63, 3.8) is 0 Å². The smallest absolute Gasteiger partial charge is 0.321 e. The summed E-state index contributed by atoms with van der Waals surface area (Å²) >= 11 is 0. The second kappa shape index (κ2) is 8.15. The largest absolute Gasteiger partial charge is 0.465 e. The highest BCUT2D eigenvalue weighted by molar-refractivity contribution is 7.89. The Labute approximate surface area is 157 Å². The number of nitrogens with one attached hydrogen (secondary N) is 1. The van der Waals surface area contributed by atoms with Crippen molar-refractivity contribution >= 4 is 16.0 Å². The Morgan fingerprint density at radius 1 is 1.07 bits per heavy atom. The minimum absolute atomic E-state index is 0.0122. The summed E-state index contributed by atoms with van der Waals surface area (Å²) < 4.78 is 34.2. The van der Waals surface area contributed by atoms with Crippen LogP contribution in [-0.2, 0) is 19.6 Å². The molecular weight excluding hydrogens is 366 g/mol. The molecule has 0 fully saturated rings. The second-order valence-electron chi connectivity index (χ2n) is 5.62. The molecule has 3 aromatic rings. The molecule has 8 heteroatoms. The third-order valence-corrected chi connectivity index (χ3v) is 5.15. The normalized spacial score (nSPS) is 11.3. The van der Waals surface area contributed by atoms with Crippen LogP contribution in [0.5, 0.6) is 0 Å². The van der Waals surface area contributed by atoms with Gasteiger partial charge in [-0.1, -0.05) is 48.5 Å². The maximum absolute atomic E-state index is 12.8. The molecule has 0 aliphatic carbocycles. The second-order valence-corrected chi connectivity index (χ2v) is 7.35. The SMILES string of the molecule is CCOC(=O)CNS(=O)(=O)c1cn(-c2ccccc2)nc1-c1ccccc1. The highest BCUT2D eigenvalue weighted by Gasteiger charge is 2.25. The molecule has 3 rings (SSSR count). The molecule has 140 valence electrons. The molecule has 0 aliphatic rings. The van der Waals surface area contributed by atoms with E-state index >= 15 is 0 Å². The van der Waals surface area contributed by atoms with Crippen LogP contribution in [-0.4, -0.2) is 37.3 Å². The van der Waals surface area contributed by atoms with Crippen molar-refractivity contribution in [2.75, 3.05) is 13.2 Å². The van der Waals surface area contributed by atoms with E-state index in [4.69, 9.17) is 4.74 Å². The summed E-state index contributed by atoms with van der Waals surface area (Å²) in [7, 11) is -3.97. The lowest BCUT2D eigenvalue weighted by Crippen LogP contribution is -2.30. The Morgan fingerprint density at radius 2 is 1.70 bits per heavy atom. The number of para-hydroxylation sites is 1. The van der Waals surface area contributed by atoms with Gasteiger partial charge in [0.05, 0.1) is 18.5 Å². The molecule has 0 spiro atoms. The number of hydrogen-bond donors (Lipinski definition) is 1. The molecule has 0 unspecified atom stereocenters. The maximum Gasteiger partial charge on any atom is 0.321 e. The van der Waals surface area contributed by atoms with Crippen molar-refractivity contribution in [3.8, 4) is 16.9 Å². The highest BCUT2D eigenvalue weighted by atomic mass is 32.2. The zero-order chi connectivity index (χ0) is 19.3. The van der Waals surface area contributed by atoms with Gasteiger partial charge < -0.3 is 4.74 Å². The summed E-state index contributed by atoms with van der Waals surface area (Å²) in [6.45, 7) is 1.40. The lowest BCUT2D eigenvalue weighted by Gasteiger charge is -2.06. The van der Waals surface area contributed by atoms with Crippen molar-refractivity contribution in [1.82, 2.24) is 14.5 Å². The summed E-state index contributed by atoms with van der Waals surface area (Å²) in [5.41, 5.74) is 1.68. The van der Waals surface area contributed by atoms with Crippen molar-refractivity contribution in [1.29, 1.82) is 0 Å². The standard InChI is InChI=1S/C19H19N3O4S/c1-2-26-18(23)13-20-27(24,25)17-14-22(16-11-7-4-8-12-16)21-19(17)15-9-5-3-6-10-15/h3-12,14,20H,2,13H2,1H3. The van der Waals surface area contributed by atoms with Gasteiger partial charge >= 0.3 is 5.97 Å². The fourth-order valence-electron chi connectivity index (χ4n) is 2.51. The van der Waals surface area contributed by atoms with E-state index in [2.05, 4.69) is 9.82 Å². The fourth-order valence-corrected chi connectivity index (χ4v) is 3.62. The predicted molar refractivity (Wildman–Crippen MR) is 101 cm³/mol. The lowest BCUT2D eigenvalue weighted by molar-refractivity contribution is -0.141. The highest BCUT2D eigenvalue weighted by Crippen LogP contribution is 2.27. The molecule has 27 heavy (non-hydrogen) atoms. The van der Waals surface area contributed by atoms with Gasteiger partial charge in [0, 0.05) is 5.56 Å². The molecule has 2 aromatic carbocycles. The number of hydrogen-bond acceptors (Lipinski definition) is 5. The zero-order valence-corrected chi connectivity index (χ0v) is 15.5. The molecule has 1 aromatic heterocycles. The first-order chi connectivity index (χ1) is 13.0. The quantitative estimate of drug-likeness (QED) is 0.631. The fraction of sp³-hybridized carbons (Fsp3) is 0.158. The Balaban J connectivity index is 2.02. The third kappa shape index (κ3) is 4.42. The maximum atomic E-state index is 12.8. The van der Waals surface area contributed by atoms with Gasteiger partial charge in [-0.05, 0) is 19.1 Å². The monoisotopic (exact) mass is 385 g/mol. The van der Waals surface area contributed by atoms with Crippen LogP contribution < -0.4 is 4.72 Å². The minimum Gasteiger partial charge on any atom is -0.465 e. The number of nitrogens with zero attached hydrogens (tertiary/aromatic N) is 2. The molecule has 0 atom stereocenters. The zero-order valence-electron chi connectivity index (χ0n) is 14.7. The van der Waals surface area contributed by atoms with Crippen molar-refractivity contribution in [3.05, 3.63) is 66.9 Å². The van der Waals surface area contributed by atoms with Crippen LogP contribution in [0.15, 0.2) is 71.8 Å². The van der Waals surface area contributed by atoms with Gasteiger partial charge in [0.25, 0.3) is 0 Å². The van der Waals surface area contributed by atoms with Crippen LogP contribution in [0, 0.1) is 0 Å². The molecule has 0 bridgehead atoms. The Hall–Kier alpha value is -2.97. The minimum atomic E-state index is -3.97. The molecule has 0 saturated heterocycles. The number of carbonyl (C=O) groups is 1. The summed E-state index contributed by atoms with van der Waals surface area (Å²) in [5.74, 6) is -0.641. The molecule has 1 N–H and O–H groups in total. The van der Waals surface area contributed by atoms with E-state index in [1.807, 2.05) is 36.4 Å². The number of aromatic nitrogens is 2. The van der Waals surface area contributed by atoms with Gasteiger partial charge in [0.15, 0.2) is 0 Å². The van der Waals surface area contributed by atoms with Crippen molar-refractivity contribution in [2.45, 2.75) is 11.8 Å². The van der Waals surface area contributed by atoms with Crippen LogP contribution in [0.2, 0.25) is 0 Å². The van der Waals surface area contributed by atoms with Crippen LogP contribution in [0.3, 0.4) is 0 Å². The van der Waals surface area contributed by atoms with E-state index < -0.39 is 22.5 Å². The number of sulfonamides is 1. The van der Waals surface area contributed by atoms with Gasteiger partial charge in [0.1, 0.15) is 17.1 Å². The van der Waals surface area contributed by atoms with E-state index in [1.165, 1.54) is 10.9 Å². The van der Waals surface area contributed by atoms with Crippen molar-refractivity contribution in [2.24, 2.45) is 0 Å². The Morgan fingerprint density at radius 3 is 2.33 bits per heavy atom. The number of esters is 1. The van der Waals surface area contributed by atoms with Crippen LogP contribution >= 0.6 is 0 Å². The van der Waals surface area contributed by atoms with Crippen molar-refractivity contribution < 1.29 is 17.9 Å². The lowest BCUT2D eigenvalue weighted by atomic mass is 10.2. The first kappa shape index (κ1) is 18.8. The molecule has 0 amide bonds. The van der Waals surface area contributed by atoms with Gasteiger partial charge in [-0.25, -0.2) is 13.1 Å². The van der Waals surface area contributed by atoms with Gasteiger partial charge in [0.2, 0.25) is 10.0 Å². The first-order valence-electron chi connectivity index (χ1n) is 8.37. The number of carbonyl (C=O) groups excluding carboxylic acids is 1. The molecular formula is C19H19N3O4S. The molecule has 7 nitrogen and oxygen atoms in total. The van der Waals surface area contributed by atoms with Gasteiger partial charge in [-0.15, -0.1) is 0 Å². The molecule has 0 aliphatic heterocycles. The topological polar surface area (TPSA) is 90.3 Å². The molecule has 0 saturated carbocycles. The molecule has 1 heterocycles. The Bertz CT molecular complexity index is 1020. The van der Waals surface area contributed by atoms with E-state index in [0.717, 1.165) is 5.69 Å². The van der Waals surface area contributed by atoms with Crippen LogP contribution in [0.4, 0.5) is 0 Å². The Kier molecular flexibility index (Phi) is 5.68. The van der Waals surface area contributed by atoms with E-state index in [0.29, 0.717) is 11.3 Å².